The summed E-state index contributed by atoms with van der Waals surface area (Å²) in [6.07, 6.45) is 60.9. The first-order chi connectivity index (χ1) is 44.5. The summed E-state index contributed by atoms with van der Waals surface area (Å²) in [6, 6.07) is 32.2. The normalized spacial score (nSPS) is 9.08. The van der Waals surface area contributed by atoms with E-state index < -0.39 is 0 Å². The van der Waals surface area contributed by atoms with E-state index in [9.17, 15) is 0 Å². The molecule has 0 bridgehead atoms. The molecule has 17 heterocycles. The fraction of sp³-hybridized carbons (Fsp3) is 0.0339. The van der Waals surface area contributed by atoms with Crippen LogP contribution in [0.25, 0.3) is 0 Å². The van der Waals surface area contributed by atoms with Crippen LogP contribution in [0, 0.1) is 0 Å². The molecule has 0 spiro atoms. The van der Waals surface area contributed by atoms with E-state index in [1.54, 1.807) is 196 Å². The van der Waals surface area contributed by atoms with Crippen molar-refractivity contribution in [1.82, 2.24) is 106 Å². The second kappa shape index (κ2) is 71.5. The average Bonchev–Trinajstić information content (AvgIpc) is 4.44. The fourth-order valence-electron chi connectivity index (χ4n) is 3.88. The van der Waals surface area contributed by atoms with E-state index >= 15 is 0 Å². The van der Waals surface area contributed by atoms with Gasteiger partial charge in [0.25, 0.3) is 0 Å². The molecule has 0 radical (unpaired) electrons. The summed E-state index contributed by atoms with van der Waals surface area (Å²) in [4.78, 5) is 42.6. The molecule has 0 amide bonds. The maximum absolute atomic E-state index is 4.58. The van der Waals surface area contributed by atoms with Crippen molar-refractivity contribution in [2.75, 3.05) is 6.54 Å². The van der Waals surface area contributed by atoms with Crippen LogP contribution in [0.2, 0.25) is 0 Å². The zero-order valence-corrected chi connectivity index (χ0v) is 49.4. The standard InChI is InChI=1S/2C5H5N.2C4H4N2.2C4H5N.2C4H4O.C4H4S.3C3H4N2.2C3H3NO.2C2H3N3.C2H2N2S/c2*1-2-4-6-5-3-1;1-2-6-4-3-5-1;1-2-4-6-5-3-1;5*1-2-4-5-3-1;2*1-2-5-3-4-1;1-2-4-5-3-1;2*1-2-5-3-4-1;2*1-2-4-5-3-1;1-3-4-2-5-1/h2*1-5H;2*1-4H;1,3-4H,2H2;1-5H;3*1-4H;1,3H,2H2;2*1-3H,(H,4,5);2*1-3H;2*1-2H,(H,3,4,5);1-2H. The summed E-state index contributed by atoms with van der Waals surface area (Å²) in [6.45, 7) is 0.778. The molecule has 0 unspecified atom stereocenters. The number of pyridine rings is 2. The van der Waals surface area contributed by atoms with Gasteiger partial charge in [0.1, 0.15) is 29.9 Å². The quantitative estimate of drug-likeness (QED) is 0.0941. The van der Waals surface area contributed by atoms with Gasteiger partial charge >= 0.3 is 0 Å². The van der Waals surface area contributed by atoms with E-state index in [2.05, 4.69) is 139 Å². The monoisotopic (exact) mass is 1240 g/mol. The first-order valence-electron chi connectivity index (χ1n) is 25.6. The molecule has 458 valence electrons. The predicted molar refractivity (Wildman–Crippen MR) is 342 cm³/mol. The highest BCUT2D eigenvalue weighted by Gasteiger charge is 1.74. The Morgan fingerprint density at radius 2 is 0.865 bits per heavy atom. The fourth-order valence-corrected chi connectivity index (χ4v) is 4.61. The number of allylic oxidation sites excluding steroid dienone is 1. The number of rotatable bonds is 0. The van der Waals surface area contributed by atoms with Gasteiger partial charge in [-0.15, -0.1) is 21.5 Å². The van der Waals surface area contributed by atoms with Gasteiger partial charge < -0.3 is 27.6 Å². The Hall–Kier alpha value is -12.6. The highest BCUT2D eigenvalue weighted by molar-refractivity contribution is 7.07. The third-order valence-electron chi connectivity index (χ3n) is 7.30. The Morgan fingerprint density at radius 1 is 0.337 bits per heavy atom. The number of nitrogens with zero attached hydrogens (tertiary/aromatic N) is 19. The van der Waals surface area contributed by atoms with Gasteiger partial charge in [0.2, 0.25) is 0 Å². The largest absolute Gasteiger partial charge is 0.473 e. The summed E-state index contributed by atoms with van der Waals surface area (Å²) >= 11 is 3.20. The molecule has 2 aliphatic heterocycles. The highest BCUT2D eigenvalue weighted by Crippen LogP contribution is 1.92. The molecule has 0 fully saturated rings. The average molecular weight is 1240 g/mol. The minimum atomic E-state index is 0.778. The first kappa shape index (κ1) is 74.4. The molecule has 0 saturated heterocycles. The lowest BCUT2D eigenvalue weighted by atomic mass is 10.5. The number of aliphatic imine (C=N–C) groups is 3. The van der Waals surface area contributed by atoms with Gasteiger partial charge in [-0.05, 0) is 89.6 Å². The smallest absolute Gasteiger partial charge is 0.180 e. The molecular formula is C59H66N24O4S2. The summed E-state index contributed by atoms with van der Waals surface area (Å²) in [5.41, 5.74) is 3.36. The van der Waals surface area contributed by atoms with E-state index in [1.165, 1.54) is 36.7 Å². The van der Waals surface area contributed by atoms with E-state index in [4.69, 9.17) is 0 Å². The maximum Gasteiger partial charge on any atom is 0.180 e. The van der Waals surface area contributed by atoms with Crippen molar-refractivity contribution in [3.8, 4) is 0 Å². The number of aromatic nitrogens is 21. The molecule has 0 aliphatic carbocycles. The van der Waals surface area contributed by atoms with Crippen molar-refractivity contribution >= 4 is 41.4 Å². The number of aromatic amines is 5. The SMILES string of the molecule is C1=CN=CC1.C1=NC=NC1.c1c[nH]cn1.c1cc[nH]c1.c1ccncc1.c1ccncc1.c1ccnnc1.c1ccoc1.c1ccoc1.c1ccsc1.c1cn[nH]c1.c1cn[nH]n1.c1cn[nH]n1.c1cnccn1.c1cocn1.c1cocn1.c1nncs1. The molecule has 17 rings (SSSR count). The molecule has 89 heavy (non-hydrogen) atoms. The molecule has 0 saturated carbocycles. The van der Waals surface area contributed by atoms with Crippen LogP contribution in [0.5, 0.6) is 0 Å². The third kappa shape index (κ3) is 69.6. The van der Waals surface area contributed by atoms with E-state index in [0.717, 1.165) is 13.0 Å². The summed E-state index contributed by atoms with van der Waals surface area (Å²) in [7, 11) is 0. The van der Waals surface area contributed by atoms with Gasteiger partial charge in [0.15, 0.2) is 12.8 Å². The summed E-state index contributed by atoms with van der Waals surface area (Å²) in [5, 5.41) is 43.0. The number of thiophene rings is 1. The second-order valence-electron chi connectivity index (χ2n) is 13.7. The number of H-pyrrole nitrogens is 5. The minimum absolute atomic E-state index is 0.778. The van der Waals surface area contributed by atoms with Crippen molar-refractivity contribution in [2.45, 2.75) is 6.42 Å². The van der Waals surface area contributed by atoms with Gasteiger partial charge in [-0.25, -0.2) is 19.9 Å². The van der Waals surface area contributed by atoms with Crippen LogP contribution < -0.4 is 0 Å². The molecule has 15 aromatic rings. The van der Waals surface area contributed by atoms with Crippen LogP contribution in [0.3, 0.4) is 0 Å². The Morgan fingerprint density at radius 3 is 1.01 bits per heavy atom. The Balaban J connectivity index is 0.000000473. The minimum Gasteiger partial charge on any atom is -0.473 e. The predicted octanol–water partition coefficient (Wildman–Crippen LogP) is 11.8. The van der Waals surface area contributed by atoms with Crippen LogP contribution >= 0.6 is 22.7 Å². The van der Waals surface area contributed by atoms with Crippen molar-refractivity contribution in [3.63, 3.8) is 0 Å². The molecule has 2 aliphatic rings. The molecule has 15 aromatic heterocycles. The molecular weight excluding hydrogens is 1170 g/mol. The number of oxazole rings is 2. The molecule has 28 nitrogen and oxygen atoms in total. The number of hydrogen-bond donors (Lipinski definition) is 5. The number of nitrogens with one attached hydrogen (secondary N) is 5. The number of hydrogen-bond acceptors (Lipinski definition) is 25. The van der Waals surface area contributed by atoms with E-state index in [1.807, 2.05) is 139 Å². The molecule has 30 heteroatoms. The maximum atomic E-state index is 4.58. The lowest BCUT2D eigenvalue weighted by molar-refractivity contribution is 0.557. The Bertz CT molecular complexity index is 2360. The van der Waals surface area contributed by atoms with Gasteiger partial charge in [-0.3, -0.25) is 35.0 Å². The van der Waals surface area contributed by atoms with Gasteiger partial charge in [-0.2, -0.15) is 57.5 Å². The first-order valence-corrected chi connectivity index (χ1v) is 27.4. The molecule has 0 atom stereocenters. The van der Waals surface area contributed by atoms with Gasteiger partial charge in [-0.1, -0.05) is 30.3 Å². The Labute approximate surface area is 521 Å². The van der Waals surface area contributed by atoms with Crippen molar-refractivity contribution in [2.24, 2.45) is 15.0 Å². The van der Waals surface area contributed by atoms with Crippen molar-refractivity contribution < 1.29 is 17.7 Å². The zero-order valence-electron chi connectivity index (χ0n) is 47.8. The summed E-state index contributed by atoms with van der Waals surface area (Å²) < 4.78 is 18.1. The molecule has 5 N–H and O–H groups in total. The summed E-state index contributed by atoms with van der Waals surface area (Å²) in [5.74, 6) is 0. The molecule has 0 aromatic carbocycles. The third-order valence-corrected chi connectivity index (χ3v) is 8.36. The van der Waals surface area contributed by atoms with Crippen LogP contribution in [-0.2, 0) is 0 Å². The lowest BCUT2D eigenvalue weighted by Crippen LogP contribution is -1.69. The topological polar surface area (TPSA) is 375 Å². The van der Waals surface area contributed by atoms with E-state index in [0.29, 0.717) is 0 Å². The van der Waals surface area contributed by atoms with Gasteiger partial charge in [0, 0.05) is 124 Å². The highest BCUT2D eigenvalue weighted by atomic mass is 32.1. The lowest BCUT2D eigenvalue weighted by Gasteiger charge is -1.70. The van der Waals surface area contributed by atoms with Crippen molar-refractivity contribution in [1.29, 1.82) is 0 Å². The van der Waals surface area contributed by atoms with Crippen LogP contribution in [0.1, 0.15) is 6.42 Å². The zero-order chi connectivity index (χ0) is 62.9. The van der Waals surface area contributed by atoms with Crippen molar-refractivity contribution in [3.05, 3.63) is 330 Å². The van der Waals surface area contributed by atoms with Crippen LogP contribution in [0.15, 0.2) is 363 Å². The van der Waals surface area contributed by atoms with Gasteiger partial charge in [0.05, 0.1) is 75.1 Å². The van der Waals surface area contributed by atoms with Crippen LogP contribution in [0.4, 0.5) is 0 Å². The second-order valence-corrected chi connectivity index (χ2v) is 15.2. The van der Waals surface area contributed by atoms with Crippen LogP contribution in [-0.4, -0.2) is 132 Å². The Kier molecular flexibility index (Phi) is 59.8. The number of imidazole rings is 1. The van der Waals surface area contributed by atoms with E-state index in [-0.39, 0.29) is 0 Å². The number of furan rings is 2.